The minimum Gasteiger partial charge on any atom is -0.493 e. The predicted molar refractivity (Wildman–Crippen MR) is 112 cm³/mol. The Balaban J connectivity index is 1.28. The summed E-state index contributed by atoms with van der Waals surface area (Å²) < 4.78 is 11.1. The number of piperazine rings is 1. The van der Waals surface area contributed by atoms with Crippen molar-refractivity contribution in [2.45, 2.75) is 18.5 Å². The highest BCUT2D eigenvalue weighted by Crippen LogP contribution is 2.26. The number of anilines is 1. The first-order chi connectivity index (χ1) is 14.7. The van der Waals surface area contributed by atoms with E-state index in [-0.39, 0.29) is 30.4 Å². The second kappa shape index (κ2) is 9.15. The van der Waals surface area contributed by atoms with Gasteiger partial charge in [0, 0.05) is 18.8 Å². The van der Waals surface area contributed by atoms with Gasteiger partial charge in [-0.15, -0.1) is 0 Å². The molecule has 2 amide bonds. The van der Waals surface area contributed by atoms with Crippen molar-refractivity contribution in [2.24, 2.45) is 0 Å². The molecule has 2 aromatic rings. The Morgan fingerprint density at radius 2 is 1.77 bits per heavy atom. The van der Waals surface area contributed by atoms with E-state index in [2.05, 4.69) is 10.9 Å². The zero-order valence-electron chi connectivity index (χ0n) is 16.9. The summed E-state index contributed by atoms with van der Waals surface area (Å²) in [5.74, 6) is 1.20. The van der Waals surface area contributed by atoms with Gasteiger partial charge in [-0.1, -0.05) is 30.3 Å². The van der Waals surface area contributed by atoms with Crippen molar-refractivity contribution in [3.63, 3.8) is 0 Å². The van der Waals surface area contributed by atoms with E-state index in [4.69, 9.17) is 9.47 Å². The summed E-state index contributed by atoms with van der Waals surface area (Å²) in [5.41, 5.74) is 7.04. The van der Waals surface area contributed by atoms with E-state index >= 15 is 0 Å². The highest BCUT2D eigenvalue weighted by atomic mass is 16.5. The molecular formula is C22H26N4O4. The lowest BCUT2D eigenvalue weighted by Crippen LogP contribution is -2.56. The van der Waals surface area contributed by atoms with E-state index in [1.807, 2.05) is 54.6 Å². The number of rotatable bonds is 6. The first-order valence-corrected chi connectivity index (χ1v) is 10.1. The smallest absolute Gasteiger partial charge is 0.246 e. The van der Waals surface area contributed by atoms with Gasteiger partial charge in [0.2, 0.25) is 11.8 Å². The number of carbonyl (C=O) groups excluding carboxylic acids is 2. The average molecular weight is 410 g/mol. The highest BCUT2D eigenvalue weighted by molar-refractivity contribution is 5.98. The van der Waals surface area contributed by atoms with Crippen LogP contribution in [-0.4, -0.2) is 62.1 Å². The number of nitrogens with zero attached hydrogens (tertiary/aromatic N) is 2. The second-order valence-corrected chi connectivity index (χ2v) is 7.38. The van der Waals surface area contributed by atoms with Crippen molar-refractivity contribution in [3.05, 3.63) is 54.6 Å². The Morgan fingerprint density at radius 3 is 2.50 bits per heavy atom. The molecule has 2 heterocycles. The molecule has 0 bridgehead atoms. The van der Waals surface area contributed by atoms with Crippen LogP contribution in [0.1, 0.15) is 6.42 Å². The first kappa shape index (κ1) is 20.2. The van der Waals surface area contributed by atoms with Crippen LogP contribution in [0.15, 0.2) is 54.6 Å². The number of nitrogens with one attached hydrogen (secondary N) is 2. The fourth-order valence-corrected chi connectivity index (χ4v) is 3.78. The molecule has 2 N–H and O–H groups in total. The normalized spacial score (nSPS) is 21.6. The molecule has 2 saturated heterocycles. The largest absolute Gasteiger partial charge is 0.493 e. The van der Waals surface area contributed by atoms with Crippen LogP contribution in [0.25, 0.3) is 0 Å². The summed E-state index contributed by atoms with van der Waals surface area (Å²) in [4.78, 5) is 28.8. The van der Waals surface area contributed by atoms with E-state index in [1.165, 1.54) is 0 Å². The van der Waals surface area contributed by atoms with Crippen LogP contribution in [0, 0.1) is 0 Å². The molecule has 4 rings (SSSR count). The molecule has 2 aromatic carbocycles. The number of hydrazine groups is 1. The molecule has 0 spiro atoms. The SMILES string of the molecule is COc1ccccc1OCC1CC(C(=O)N2CCN(c3ccccc3)C(=O)C2)NN1. The fraction of sp³-hybridized carbons (Fsp3) is 0.364. The number of hydrogen-bond donors (Lipinski definition) is 2. The molecule has 0 aliphatic carbocycles. The van der Waals surface area contributed by atoms with Gasteiger partial charge in [-0.2, -0.15) is 0 Å². The van der Waals surface area contributed by atoms with Gasteiger partial charge >= 0.3 is 0 Å². The second-order valence-electron chi connectivity index (χ2n) is 7.38. The Morgan fingerprint density at radius 1 is 1.03 bits per heavy atom. The van der Waals surface area contributed by atoms with Crippen molar-refractivity contribution in [2.75, 3.05) is 38.3 Å². The summed E-state index contributed by atoms with van der Waals surface area (Å²) in [6.07, 6.45) is 0.584. The molecule has 8 heteroatoms. The average Bonchev–Trinajstić information content (AvgIpc) is 3.27. The Bertz CT molecular complexity index is 892. The van der Waals surface area contributed by atoms with Gasteiger partial charge in [-0.05, 0) is 30.7 Å². The molecule has 158 valence electrons. The third-order valence-corrected chi connectivity index (χ3v) is 5.39. The molecule has 0 radical (unpaired) electrons. The van der Waals surface area contributed by atoms with E-state index in [9.17, 15) is 9.59 Å². The van der Waals surface area contributed by atoms with Gasteiger partial charge in [-0.3, -0.25) is 15.0 Å². The van der Waals surface area contributed by atoms with Crippen molar-refractivity contribution in [1.29, 1.82) is 0 Å². The number of methoxy groups -OCH3 is 1. The molecule has 0 saturated carbocycles. The quantitative estimate of drug-likeness (QED) is 0.744. The van der Waals surface area contributed by atoms with Crippen molar-refractivity contribution < 1.29 is 19.1 Å². The standard InChI is InChI=1S/C22H26N4O4/c1-29-19-9-5-6-10-20(19)30-15-16-13-18(24-23-16)22(28)25-11-12-26(21(27)14-25)17-7-3-2-4-8-17/h2-10,16,18,23-24H,11-15H2,1H3. The summed E-state index contributed by atoms with van der Waals surface area (Å²) in [6.45, 7) is 1.50. The molecular weight excluding hydrogens is 384 g/mol. The number of amides is 2. The lowest BCUT2D eigenvalue weighted by Gasteiger charge is -2.35. The van der Waals surface area contributed by atoms with Crippen LogP contribution >= 0.6 is 0 Å². The monoisotopic (exact) mass is 410 g/mol. The summed E-state index contributed by atoms with van der Waals surface area (Å²) in [7, 11) is 1.60. The first-order valence-electron chi connectivity index (χ1n) is 10.1. The Kier molecular flexibility index (Phi) is 6.15. The minimum atomic E-state index is -0.382. The number of carbonyl (C=O) groups is 2. The van der Waals surface area contributed by atoms with E-state index < -0.39 is 0 Å². The van der Waals surface area contributed by atoms with Gasteiger partial charge < -0.3 is 19.3 Å². The maximum atomic E-state index is 12.9. The van der Waals surface area contributed by atoms with Crippen LogP contribution in [0.2, 0.25) is 0 Å². The third kappa shape index (κ3) is 4.39. The third-order valence-electron chi connectivity index (χ3n) is 5.39. The molecule has 30 heavy (non-hydrogen) atoms. The van der Waals surface area contributed by atoms with Gasteiger partial charge in [0.05, 0.1) is 13.2 Å². The van der Waals surface area contributed by atoms with Crippen LogP contribution in [0.3, 0.4) is 0 Å². The lowest BCUT2D eigenvalue weighted by atomic mass is 10.1. The number of benzene rings is 2. The fourth-order valence-electron chi connectivity index (χ4n) is 3.78. The van der Waals surface area contributed by atoms with Crippen molar-refractivity contribution in [1.82, 2.24) is 15.8 Å². The van der Waals surface area contributed by atoms with Gasteiger partial charge in [0.25, 0.3) is 0 Å². The van der Waals surface area contributed by atoms with Crippen LogP contribution in [0.4, 0.5) is 5.69 Å². The molecule has 2 aliphatic heterocycles. The number of hydrogen-bond acceptors (Lipinski definition) is 6. The number of ether oxygens (including phenoxy) is 2. The molecule has 2 atom stereocenters. The van der Waals surface area contributed by atoms with Gasteiger partial charge in [0.15, 0.2) is 11.5 Å². The van der Waals surface area contributed by atoms with Crippen molar-refractivity contribution in [3.8, 4) is 11.5 Å². The summed E-state index contributed by atoms with van der Waals surface area (Å²) >= 11 is 0. The minimum absolute atomic E-state index is 0.0230. The molecule has 2 unspecified atom stereocenters. The van der Waals surface area contributed by atoms with E-state index in [0.717, 1.165) is 5.69 Å². The summed E-state index contributed by atoms with van der Waals surface area (Å²) in [6, 6.07) is 16.6. The maximum Gasteiger partial charge on any atom is 0.246 e. The van der Waals surface area contributed by atoms with Gasteiger partial charge in [-0.25, -0.2) is 5.43 Å². The molecule has 0 aromatic heterocycles. The van der Waals surface area contributed by atoms with Crippen LogP contribution in [-0.2, 0) is 9.59 Å². The molecule has 2 aliphatic rings. The zero-order valence-corrected chi connectivity index (χ0v) is 16.9. The Hall–Kier alpha value is -3.10. The topological polar surface area (TPSA) is 83.1 Å². The van der Waals surface area contributed by atoms with Crippen LogP contribution < -0.4 is 25.2 Å². The predicted octanol–water partition coefficient (Wildman–Crippen LogP) is 1.18. The molecule has 2 fully saturated rings. The van der Waals surface area contributed by atoms with E-state index in [1.54, 1.807) is 16.9 Å². The highest BCUT2D eigenvalue weighted by Gasteiger charge is 2.36. The lowest BCUT2D eigenvalue weighted by molar-refractivity contribution is -0.138. The Labute approximate surface area is 175 Å². The summed E-state index contributed by atoms with van der Waals surface area (Å²) in [5, 5.41) is 0. The maximum absolute atomic E-state index is 12.9. The van der Waals surface area contributed by atoms with Gasteiger partial charge in [0.1, 0.15) is 19.2 Å². The van der Waals surface area contributed by atoms with Crippen LogP contribution in [0.5, 0.6) is 11.5 Å². The number of para-hydroxylation sites is 3. The zero-order chi connectivity index (χ0) is 20.9. The van der Waals surface area contributed by atoms with Crippen molar-refractivity contribution >= 4 is 17.5 Å². The molecule has 8 nitrogen and oxygen atoms in total. The van der Waals surface area contributed by atoms with E-state index in [0.29, 0.717) is 37.6 Å².